The Bertz CT molecular complexity index is 932. The molecular formula is C17H14BrN3O2S. The maximum atomic E-state index is 12.1. The van der Waals surface area contributed by atoms with Crippen LogP contribution in [0.4, 0.5) is 5.69 Å². The number of H-pyrrole nitrogens is 1. The van der Waals surface area contributed by atoms with E-state index in [2.05, 4.69) is 31.2 Å². The van der Waals surface area contributed by atoms with Crippen LogP contribution in [0.15, 0.2) is 51.2 Å². The molecule has 3 aromatic rings. The van der Waals surface area contributed by atoms with Crippen LogP contribution in [0.2, 0.25) is 0 Å². The molecule has 0 saturated carbocycles. The summed E-state index contributed by atoms with van der Waals surface area (Å²) in [5.74, 6) is -0.278. The molecule has 0 radical (unpaired) electrons. The van der Waals surface area contributed by atoms with Gasteiger partial charge < -0.3 is 10.3 Å². The van der Waals surface area contributed by atoms with Gasteiger partial charge in [0.15, 0.2) is 0 Å². The smallest absolute Gasteiger partial charge is 0.271 e. The number of aromatic amines is 1. The highest BCUT2D eigenvalue weighted by atomic mass is 79.9. The van der Waals surface area contributed by atoms with E-state index in [0.29, 0.717) is 10.2 Å². The zero-order valence-electron chi connectivity index (χ0n) is 12.8. The summed E-state index contributed by atoms with van der Waals surface area (Å²) in [4.78, 5) is 30.8. The van der Waals surface area contributed by atoms with E-state index in [1.807, 2.05) is 36.6 Å². The fourth-order valence-corrected chi connectivity index (χ4v) is 3.30. The van der Waals surface area contributed by atoms with E-state index in [1.54, 1.807) is 6.07 Å². The maximum Gasteiger partial charge on any atom is 0.271 e. The topological polar surface area (TPSA) is 74.8 Å². The minimum absolute atomic E-state index is 0.119. The van der Waals surface area contributed by atoms with Crippen LogP contribution in [-0.4, -0.2) is 15.9 Å². The fourth-order valence-electron chi connectivity index (χ4n) is 2.13. The van der Waals surface area contributed by atoms with Crippen LogP contribution in [0.1, 0.15) is 11.3 Å². The Labute approximate surface area is 150 Å². The number of pyridine rings is 1. The predicted octanol–water partition coefficient (Wildman–Crippen LogP) is 3.75. The molecule has 0 aliphatic heterocycles. The monoisotopic (exact) mass is 403 g/mol. The molecule has 0 unspecified atom stereocenters. The zero-order valence-corrected chi connectivity index (χ0v) is 15.2. The first kappa shape index (κ1) is 16.6. The van der Waals surface area contributed by atoms with Gasteiger partial charge in [-0.15, -0.1) is 11.3 Å². The molecule has 1 aromatic carbocycles. The van der Waals surface area contributed by atoms with E-state index in [1.165, 1.54) is 23.1 Å². The van der Waals surface area contributed by atoms with Crippen molar-refractivity contribution in [1.82, 2.24) is 9.97 Å². The average molecular weight is 404 g/mol. The van der Waals surface area contributed by atoms with Gasteiger partial charge in [0.1, 0.15) is 10.7 Å². The number of rotatable bonds is 4. The van der Waals surface area contributed by atoms with Crippen molar-refractivity contribution in [2.75, 3.05) is 5.32 Å². The molecule has 0 spiro atoms. The van der Waals surface area contributed by atoms with Gasteiger partial charge >= 0.3 is 0 Å². The molecule has 0 aliphatic rings. The van der Waals surface area contributed by atoms with E-state index in [4.69, 9.17) is 0 Å². The molecule has 2 aromatic heterocycles. The molecule has 24 heavy (non-hydrogen) atoms. The Balaban J connectivity index is 1.70. The molecule has 1 amide bonds. The minimum Gasteiger partial charge on any atom is -0.326 e. The van der Waals surface area contributed by atoms with Crippen LogP contribution >= 0.6 is 27.3 Å². The van der Waals surface area contributed by atoms with Crippen LogP contribution in [0.3, 0.4) is 0 Å². The molecule has 122 valence electrons. The third-order valence-corrected chi connectivity index (χ3v) is 4.73. The number of aryl methyl sites for hydroxylation is 1. The standard InChI is InChI=1S/C17H14BrN3O2S/c1-10-2-4-11(5-3-10)17-20-13(9-24-17)7-15(22)21-14-6-12(18)8-19-16(14)23/h2-6,8-9H,7H2,1H3,(H,19,23)(H,21,22). The highest BCUT2D eigenvalue weighted by Gasteiger charge is 2.11. The largest absolute Gasteiger partial charge is 0.326 e. The van der Waals surface area contributed by atoms with E-state index < -0.39 is 0 Å². The van der Waals surface area contributed by atoms with Crippen LogP contribution in [0, 0.1) is 6.92 Å². The Kier molecular flexibility index (Phi) is 4.92. The van der Waals surface area contributed by atoms with Crippen LogP contribution in [-0.2, 0) is 11.2 Å². The molecule has 2 heterocycles. The van der Waals surface area contributed by atoms with Crippen molar-refractivity contribution in [3.8, 4) is 10.6 Å². The number of nitrogens with one attached hydrogen (secondary N) is 2. The fraction of sp³-hybridized carbons (Fsp3) is 0.118. The van der Waals surface area contributed by atoms with Crippen molar-refractivity contribution < 1.29 is 4.79 Å². The summed E-state index contributed by atoms with van der Waals surface area (Å²) < 4.78 is 0.688. The molecule has 0 aliphatic carbocycles. The second-order valence-corrected chi connectivity index (χ2v) is 7.07. The highest BCUT2D eigenvalue weighted by molar-refractivity contribution is 9.10. The number of hydrogen-bond donors (Lipinski definition) is 2. The molecule has 0 fully saturated rings. The summed E-state index contributed by atoms with van der Waals surface area (Å²) in [6.45, 7) is 2.03. The molecule has 0 atom stereocenters. The SMILES string of the molecule is Cc1ccc(-c2nc(CC(=O)Nc3cc(Br)c[nH]c3=O)cs2)cc1. The summed E-state index contributed by atoms with van der Waals surface area (Å²) in [5.41, 5.74) is 2.77. The lowest BCUT2D eigenvalue weighted by atomic mass is 10.2. The number of carbonyl (C=O) groups excluding carboxylic acids is 1. The van der Waals surface area contributed by atoms with Crippen molar-refractivity contribution in [3.63, 3.8) is 0 Å². The summed E-state index contributed by atoms with van der Waals surface area (Å²) in [5, 5.41) is 5.34. The van der Waals surface area contributed by atoms with Crippen molar-refractivity contribution in [1.29, 1.82) is 0 Å². The van der Waals surface area contributed by atoms with Gasteiger partial charge in [0, 0.05) is 21.6 Å². The Hall–Kier alpha value is -2.25. The van der Waals surface area contributed by atoms with Crippen molar-refractivity contribution in [2.45, 2.75) is 13.3 Å². The van der Waals surface area contributed by atoms with Gasteiger partial charge in [-0.1, -0.05) is 29.8 Å². The molecule has 3 rings (SSSR count). The molecule has 0 bridgehead atoms. The number of hydrogen-bond acceptors (Lipinski definition) is 4. The number of carbonyl (C=O) groups is 1. The number of halogens is 1. The summed E-state index contributed by atoms with van der Waals surface area (Å²) >= 11 is 4.75. The second kappa shape index (κ2) is 7.11. The Morgan fingerprint density at radius 2 is 2.08 bits per heavy atom. The number of benzene rings is 1. The third-order valence-electron chi connectivity index (χ3n) is 3.33. The molecule has 5 nitrogen and oxygen atoms in total. The van der Waals surface area contributed by atoms with Gasteiger partial charge in [0.05, 0.1) is 12.1 Å². The number of thiazole rings is 1. The lowest BCUT2D eigenvalue weighted by Crippen LogP contribution is -2.21. The number of anilines is 1. The number of aromatic nitrogens is 2. The van der Waals surface area contributed by atoms with E-state index in [9.17, 15) is 9.59 Å². The van der Waals surface area contributed by atoms with Crippen molar-refractivity contribution in [3.05, 3.63) is 68.0 Å². The van der Waals surface area contributed by atoms with Gasteiger partial charge in [-0.25, -0.2) is 4.98 Å². The molecule has 7 heteroatoms. The third kappa shape index (κ3) is 3.98. The van der Waals surface area contributed by atoms with Crippen molar-refractivity contribution >= 4 is 38.9 Å². The molecule has 0 saturated heterocycles. The Morgan fingerprint density at radius 3 is 2.83 bits per heavy atom. The lowest BCUT2D eigenvalue weighted by molar-refractivity contribution is -0.115. The van der Waals surface area contributed by atoms with E-state index >= 15 is 0 Å². The molecular weight excluding hydrogens is 390 g/mol. The average Bonchev–Trinajstić information content (AvgIpc) is 3.00. The first-order valence-electron chi connectivity index (χ1n) is 7.21. The Morgan fingerprint density at radius 1 is 1.33 bits per heavy atom. The van der Waals surface area contributed by atoms with Crippen LogP contribution in [0.5, 0.6) is 0 Å². The first-order valence-corrected chi connectivity index (χ1v) is 8.88. The van der Waals surface area contributed by atoms with Gasteiger partial charge in [0.2, 0.25) is 5.91 Å². The quantitative estimate of drug-likeness (QED) is 0.696. The van der Waals surface area contributed by atoms with Crippen LogP contribution < -0.4 is 10.9 Å². The summed E-state index contributed by atoms with van der Waals surface area (Å²) in [6, 6.07) is 9.65. The lowest BCUT2D eigenvalue weighted by Gasteiger charge is -2.03. The normalized spacial score (nSPS) is 10.6. The number of amides is 1. The zero-order chi connectivity index (χ0) is 17.1. The van der Waals surface area contributed by atoms with Gasteiger partial charge in [0.25, 0.3) is 5.56 Å². The second-order valence-electron chi connectivity index (χ2n) is 5.30. The van der Waals surface area contributed by atoms with Gasteiger partial charge in [-0.05, 0) is 28.9 Å². The first-order chi connectivity index (χ1) is 11.5. The van der Waals surface area contributed by atoms with Crippen molar-refractivity contribution in [2.24, 2.45) is 0 Å². The minimum atomic E-state index is -0.342. The predicted molar refractivity (Wildman–Crippen MR) is 99.4 cm³/mol. The summed E-state index contributed by atoms with van der Waals surface area (Å²) in [7, 11) is 0. The van der Waals surface area contributed by atoms with Crippen LogP contribution in [0.25, 0.3) is 10.6 Å². The van der Waals surface area contributed by atoms with Gasteiger partial charge in [-0.2, -0.15) is 0 Å². The van der Waals surface area contributed by atoms with E-state index in [-0.39, 0.29) is 23.6 Å². The molecule has 2 N–H and O–H groups in total. The van der Waals surface area contributed by atoms with E-state index in [0.717, 1.165) is 10.6 Å². The van der Waals surface area contributed by atoms with Gasteiger partial charge in [-0.3, -0.25) is 9.59 Å². The number of nitrogens with zero attached hydrogens (tertiary/aromatic N) is 1. The maximum absolute atomic E-state index is 12.1. The highest BCUT2D eigenvalue weighted by Crippen LogP contribution is 2.24. The summed E-state index contributed by atoms with van der Waals surface area (Å²) in [6.07, 6.45) is 1.64.